The van der Waals surface area contributed by atoms with Gasteiger partial charge in [-0.05, 0) is 123 Å². The van der Waals surface area contributed by atoms with Gasteiger partial charge in [-0.3, -0.25) is 0 Å². The van der Waals surface area contributed by atoms with Crippen LogP contribution in [0.25, 0.3) is 0 Å². The molecule has 0 bridgehead atoms. The number of hydrogen-bond acceptors (Lipinski definition) is 6. The monoisotopic (exact) mass is 622 g/mol. The van der Waals surface area contributed by atoms with Crippen LogP contribution in [-0.2, 0) is 9.84 Å². The molecule has 0 unspecified atom stereocenters. The summed E-state index contributed by atoms with van der Waals surface area (Å²) in [6.45, 7) is 7.61. The fourth-order valence-corrected chi connectivity index (χ4v) is 5.49. The molecule has 0 heterocycles. The Kier molecular flexibility index (Phi) is 10.8. The summed E-state index contributed by atoms with van der Waals surface area (Å²) >= 11 is 0. The lowest BCUT2D eigenvalue weighted by Crippen LogP contribution is -2.23. The lowest BCUT2D eigenvalue weighted by Gasteiger charge is -2.17. The van der Waals surface area contributed by atoms with E-state index in [1.54, 1.807) is 48.5 Å². The molecule has 2 N–H and O–H groups in total. The van der Waals surface area contributed by atoms with Crippen molar-refractivity contribution in [2.45, 2.75) is 74.4 Å². The van der Waals surface area contributed by atoms with Crippen LogP contribution in [-0.4, -0.2) is 29.8 Å². The van der Waals surface area contributed by atoms with E-state index in [1.165, 1.54) is 24.3 Å². The van der Waals surface area contributed by atoms with Crippen molar-refractivity contribution >= 4 is 9.84 Å². The van der Waals surface area contributed by atoms with Gasteiger partial charge >= 0.3 is 0 Å². The number of sulfone groups is 1. The Balaban J connectivity index is 1.38. The van der Waals surface area contributed by atoms with Gasteiger partial charge in [0.2, 0.25) is 9.84 Å². The molecule has 0 aliphatic rings. The Hall–Kier alpha value is -4.53. The van der Waals surface area contributed by atoms with Gasteiger partial charge in [-0.25, -0.2) is 8.42 Å². The van der Waals surface area contributed by atoms with E-state index in [9.17, 15) is 18.6 Å². The molecule has 232 valence electrons. The summed E-state index contributed by atoms with van der Waals surface area (Å²) in [7, 11) is -3.76. The Morgan fingerprint density at radius 3 is 1.04 bits per heavy atom. The SMILES string of the molecule is CCC(O)(C#Cc1ccc(Oc2ccc(S(=O)(=O)c3ccc(Oc4ccc(C#CC(O)(CC)CC)cc4)cc3)cc2)cc1)CC. The van der Waals surface area contributed by atoms with E-state index in [0.717, 1.165) is 11.1 Å². The van der Waals surface area contributed by atoms with Crippen molar-refractivity contribution in [2.24, 2.45) is 0 Å². The van der Waals surface area contributed by atoms with E-state index in [0.29, 0.717) is 48.7 Å². The van der Waals surface area contributed by atoms with Crippen LogP contribution in [0.1, 0.15) is 64.5 Å². The molecule has 0 radical (unpaired) electrons. The molecule has 45 heavy (non-hydrogen) atoms. The van der Waals surface area contributed by atoms with Crippen molar-refractivity contribution in [1.82, 2.24) is 0 Å². The van der Waals surface area contributed by atoms with Gasteiger partial charge in [0.1, 0.15) is 34.2 Å². The highest BCUT2D eigenvalue weighted by atomic mass is 32.2. The Bertz CT molecular complexity index is 1660. The molecule has 0 atom stereocenters. The highest BCUT2D eigenvalue weighted by Gasteiger charge is 2.20. The minimum absolute atomic E-state index is 0.142. The van der Waals surface area contributed by atoms with E-state index in [1.807, 2.05) is 52.0 Å². The van der Waals surface area contributed by atoms with E-state index in [-0.39, 0.29) is 9.79 Å². The first-order valence-corrected chi connectivity index (χ1v) is 16.5. The molecule has 0 aliphatic heterocycles. The average Bonchev–Trinajstić information content (AvgIpc) is 3.08. The van der Waals surface area contributed by atoms with Gasteiger partial charge < -0.3 is 19.7 Å². The van der Waals surface area contributed by atoms with Gasteiger partial charge in [-0.15, -0.1) is 0 Å². The summed E-state index contributed by atoms with van der Waals surface area (Å²) in [5.74, 6) is 14.0. The first-order chi connectivity index (χ1) is 21.5. The van der Waals surface area contributed by atoms with Crippen LogP contribution in [0, 0.1) is 23.7 Å². The second kappa shape index (κ2) is 14.5. The van der Waals surface area contributed by atoms with Gasteiger partial charge in [0.25, 0.3) is 0 Å². The number of aliphatic hydroxyl groups is 2. The molecule has 0 fully saturated rings. The maximum atomic E-state index is 13.3. The van der Waals surface area contributed by atoms with Crippen molar-refractivity contribution in [3.63, 3.8) is 0 Å². The molecule has 0 aliphatic carbocycles. The Morgan fingerprint density at radius 1 is 0.511 bits per heavy atom. The average molecular weight is 623 g/mol. The van der Waals surface area contributed by atoms with Gasteiger partial charge in [0, 0.05) is 11.1 Å². The zero-order valence-corrected chi connectivity index (χ0v) is 26.8. The van der Waals surface area contributed by atoms with Crippen LogP contribution in [0.4, 0.5) is 0 Å². The van der Waals surface area contributed by atoms with Crippen LogP contribution in [0.5, 0.6) is 23.0 Å². The molecular formula is C38H38O6S. The number of benzene rings is 4. The molecule has 4 rings (SSSR count). The lowest BCUT2D eigenvalue weighted by atomic mass is 9.98. The van der Waals surface area contributed by atoms with E-state index >= 15 is 0 Å². The molecule has 0 aromatic heterocycles. The molecule has 4 aromatic rings. The molecule has 6 nitrogen and oxygen atoms in total. The quantitative estimate of drug-likeness (QED) is 0.175. The van der Waals surface area contributed by atoms with Crippen LogP contribution >= 0.6 is 0 Å². The summed E-state index contributed by atoms with van der Waals surface area (Å²) < 4.78 is 38.3. The standard InChI is InChI=1S/C38H38O6S/c1-5-37(39,6-2)27-25-29-9-13-31(14-10-29)43-33-17-21-35(22-18-33)45(41,42)36-23-19-34(20-24-36)44-32-15-11-30(12-16-32)26-28-38(40,7-3)8-4/h9-24,39-40H,5-8H2,1-4H3. The third-order valence-electron chi connectivity index (χ3n) is 7.67. The third-order valence-corrected chi connectivity index (χ3v) is 9.45. The highest BCUT2D eigenvalue weighted by molar-refractivity contribution is 7.91. The number of hydrogen-bond donors (Lipinski definition) is 2. The largest absolute Gasteiger partial charge is 0.457 e. The molecule has 0 saturated carbocycles. The van der Waals surface area contributed by atoms with Gasteiger partial charge in [0.05, 0.1) is 9.79 Å². The van der Waals surface area contributed by atoms with E-state index < -0.39 is 21.0 Å². The van der Waals surface area contributed by atoms with Gasteiger partial charge in [-0.1, -0.05) is 51.4 Å². The minimum Gasteiger partial charge on any atom is -0.457 e. The van der Waals surface area contributed by atoms with Crippen molar-refractivity contribution in [1.29, 1.82) is 0 Å². The molecule has 0 saturated heterocycles. The first kappa shape index (κ1) is 33.4. The molecular weight excluding hydrogens is 584 g/mol. The Morgan fingerprint density at radius 2 is 0.778 bits per heavy atom. The van der Waals surface area contributed by atoms with Crippen molar-refractivity contribution in [2.75, 3.05) is 0 Å². The summed E-state index contributed by atoms with van der Waals surface area (Å²) in [5, 5.41) is 20.7. The Labute approximate surface area is 266 Å². The topological polar surface area (TPSA) is 93.1 Å². The predicted octanol–water partition coefficient (Wildman–Crippen LogP) is 7.91. The number of ether oxygens (including phenoxy) is 2. The summed E-state index contributed by atoms with van der Waals surface area (Å²) in [4.78, 5) is 0.284. The maximum absolute atomic E-state index is 13.3. The lowest BCUT2D eigenvalue weighted by molar-refractivity contribution is 0.0927. The van der Waals surface area contributed by atoms with Gasteiger partial charge in [-0.2, -0.15) is 0 Å². The van der Waals surface area contributed by atoms with E-state index in [4.69, 9.17) is 9.47 Å². The number of rotatable bonds is 10. The summed E-state index contributed by atoms with van der Waals surface area (Å²) in [5.41, 5.74) is -0.458. The van der Waals surface area contributed by atoms with Crippen molar-refractivity contribution < 1.29 is 28.1 Å². The third kappa shape index (κ3) is 8.77. The van der Waals surface area contributed by atoms with Crippen LogP contribution < -0.4 is 9.47 Å². The minimum atomic E-state index is -3.76. The fraction of sp³-hybridized carbons (Fsp3) is 0.263. The zero-order valence-electron chi connectivity index (χ0n) is 26.0. The molecule has 4 aromatic carbocycles. The zero-order chi connectivity index (χ0) is 32.5. The van der Waals surface area contributed by atoms with Crippen LogP contribution in [0.15, 0.2) is 107 Å². The molecule has 0 spiro atoms. The second-order valence-electron chi connectivity index (χ2n) is 10.7. The molecule has 0 amide bonds. The van der Waals surface area contributed by atoms with Crippen molar-refractivity contribution in [3.05, 3.63) is 108 Å². The summed E-state index contributed by atoms with van der Waals surface area (Å²) in [6, 6.07) is 26.8. The molecule has 7 heteroatoms. The summed E-state index contributed by atoms with van der Waals surface area (Å²) in [6.07, 6.45) is 2.23. The first-order valence-electron chi connectivity index (χ1n) is 15.0. The fourth-order valence-electron chi connectivity index (χ4n) is 4.23. The normalized spacial score (nSPS) is 11.5. The van der Waals surface area contributed by atoms with Gasteiger partial charge in [0.15, 0.2) is 0 Å². The second-order valence-corrected chi connectivity index (χ2v) is 12.6. The predicted molar refractivity (Wildman–Crippen MR) is 176 cm³/mol. The van der Waals surface area contributed by atoms with Crippen molar-refractivity contribution in [3.8, 4) is 46.7 Å². The smallest absolute Gasteiger partial charge is 0.206 e. The van der Waals surface area contributed by atoms with Crippen LogP contribution in [0.2, 0.25) is 0 Å². The van der Waals surface area contributed by atoms with E-state index in [2.05, 4.69) is 23.7 Å². The highest BCUT2D eigenvalue weighted by Crippen LogP contribution is 2.29. The van der Waals surface area contributed by atoms with Crippen LogP contribution in [0.3, 0.4) is 0 Å². The maximum Gasteiger partial charge on any atom is 0.206 e.